The van der Waals surface area contributed by atoms with Gasteiger partial charge in [-0.15, -0.1) is 0 Å². The highest BCUT2D eigenvalue weighted by atomic mass is 16.5. The quantitative estimate of drug-likeness (QED) is 0.488. The first-order valence-electron chi connectivity index (χ1n) is 10.6. The van der Waals surface area contributed by atoms with Crippen molar-refractivity contribution in [3.05, 3.63) is 64.7 Å². The number of fused-ring (bicyclic) bond motifs is 1. The molecular weight excluding hydrogens is 408 g/mol. The molecule has 0 aromatic heterocycles. The number of ketones is 1. The van der Waals surface area contributed by atoms with Crippen molar-refractivity contribution in [2.75, 3.05) is 7.11 Å². The predicted octanol–water partition coefficient (Wildman–Crippen LogP) is 5.06. The van der Waals surface area contributed by atoms with E-state index < -0.39 is 17.4 Å². The van der Waals surface area contributed by atoms with Crippen LogP contribution in [0.15, 0.2) is 42.5 Å². The molecule has 1 saturated carbocycles. The summed E-state index contributed by atoms with van der Waals surface area (Å²) >= 11 is 0. The molecule has 32 heavy (non-hydrogen) atoms. The number of carboxylic acid groups (broad SMARTS) is 1. The Labute approximate surface area is 186 Å². The number of phenolic OH excluding ortho intramolecular Hbond substituents is 1. The molecule has 1 aliphatic heterocycles. The highest BCUT2D eigenvalue weighted by Crippen LogP contribution is 2.44. The maximum atomic E-state index is 12.9. The van der Waals surface area contributed by atoms with Gasteiger partial charge < -0.3 is 19.7 Å². The van der Waals surface area contributed by atoms with Crippen LogP contribution in [0.5, 0.6) is 17.2 Å². The van der Waals surface area contributed by atoms with E-state index in [1.807, 2.05) is 44.2 Å². The standard InChI is InChI=1S/C26H26O6/c1-26(2)13-12-19-21(32-26)14-22(31-3)23(24(19)28)20(27)11-6-15-4-7-16(8-5-15)17-9-10-18(17)25(29)30/h4-8,11-14,17-18,28H,9-10H2,1-3H3,(H,29,30)/b11-6+. The topological polar surface area (TPSA) is 93.1 Å². The van der Waals surface area contributed by atoms with E-state index in [-0.39, 0.29) is 28.9 Å². The van der Waals surface area contributed by atoms with E-state index in [1.165, 1.54) is 13.2 Å². The van der Waals surface area contributed by atoms with Gasteiger partial charge in [-0.25, -0.2) is 0 Å². The Morgan fingerprint density at radius 2 is 1.91 bits per heavy atom. The van der Waals surface area contributed by atoms with E-state index >= 15 is 0 Å². The minimum Gasteiger partial charge on any atom is -0.506 e. The highest BCUT2D eigenvalue weighted by Gasteiger charge is 2.37. The molecule has 0 radical (unpaired) electrons. The molecule has 2 atom stereocenters. The second kappa shape index (κ2) is 8.19. The number of ether oxygens (including phenoxy) is 2. The zero-order valence-electron chi connectivity index (χ0n) is 18.3. The first-order chi connectivity index (χ1) is 15.2. The largest absolute Gasteiger partial charge is 0.506 e. The molecule has 0 saturated heterocycles. The van der Waals surface area contributed by atoms with Crippen molar-refractivity contribution in [2.24, 2.45) is 5.92 Å². The van der Waals surface area contributed by atoms with Gasteiger partial charge in [-0.2, -0.15) is 0 Å². The van der Waals surface area contributed by atoms with Crippen LogP contribution in [0.25, 0.3) is 12.2 Å². The van der Waals surface area contributed by atoms with Crippen LogP contribution in [0.2, 0.25) is 0 Å². The van der Waals surface area contributed by atoms with Crippen LogP contribution in [0, 0.1) is 5.92 Å². The number of carbonyl (C=O) groups excluding carboxylic acids is 1. The molecule has 2 unspecified atom stereocenters. The molecule has 4 rings (SSSR count). The number of carbonyl (C=O) groups is 2. The summed E-state index contributed by atoms with van der Waals surface area (Å²) in [4.78, 5) is 24.2. The van der Waals surface area contributed by atoms with Crippen LogP contribution >= 0.6 is 0 Å². The molecular formula is C26H26O6. The van der Waals surface area contributed by atoms with Crippen molar-refractivity contribution in [1.82, 2.24) is 0 Å². The van der Waals surface area contributed by atoms with E-state index in [4.69, 9.17) is 9.47 Å². The third-order valence-corrected chi connectivity index (χ3v) is 6.14. The summed E-state index contributed by atoms with van der Waals surface area (Å²) in [7, 11) is 1.44. The van der Waals surface area contributed by atoms with Crippen LogP contribution in [0.1, 0.15) is 59.7 Å². The second-order valence-corrected chi connectivity index (χ2v) is 8.75. The molecule has 6 heteroatoms. The van der Waals surface area contributed by atoms with Crippen molar-refractivity contribution >= 4 is 23.9 Å². The number of benzene rings is 2. The van der Waals surface area contributed by atoms with E-state index in [1.54, 1.807) is 18.2 Å². The van der Waals surface area contributed by atoms with Crippen molar-refractivity contribution in [2.45, 2.75) is 38.2 Å². The highest BCUT2D eigenvalue weighted by molar-refractivity contribution is 6.11. The van der Waals surface area contributed by atoms with Gasteiger partial charge >= 0.3 is 5.97 Å². The number of aromatic hydroxyl groups is 1. The van der Waals surface area contributed by atoms with Crippen molar-refractivity contribution in [3.63, 3.8) is 0 Å². The van der Waals surface area contributed by atoms with Gasteiger partial charge in [0.1, 0.15) is 28.4 Å². The lowest BCUT2D eigenvalue weighted by Crippen LogP contribution is -2.30. The average molecular weight is 434 g/mol. The number of methoxy groups -OCH3 is 1. The van der Waals surface area contributed by atoms with Crippen LogP contribution in [0.3, 0.4) is 0 Å². The molecule has 6 nitrogen and oxygen atoms in total. The summed E-state index contributed by atoms with van der Waals surface area (Å²) < 4.78 is 11.2. The summed E-state index contributed by atoms with van der Waals surface area (Å²) in [6.45, 7) is 3.80. The number of hydrogen-bond donors (Lipinski definition) is 2. The van der Waals surface area contributed by atoms with E-state index in [2.05, 4.69) is 0 Å². The Hall–Kier alpha value is -3.54. The van der Waals surface area contributed by atoms with Crippen molar-refractivity contribution in [1.29, 1.82) is 0 Å². The number of rotatable bonds is 6. The SMILES string of the molecule is COc1cc2c(c(O)c1C(=O)/C=C/c1ccc(C3CCC3C(=O)O)cc1)C=CC(C)(C)O2. The molecule has 2 N–H and O–H groups in total. The molecule has 166 valence electrons. The molecule has 1 aliphatic carbocycles. The van der Waals surface area contributed by atoms with Crippen molar-refractivity contribution < 1.29 is 29.3 Å². The molecule has 2 aromatic rings. The fourth-order valence-corrected chi connectivity index (χ4v) is 4.19. The van der Waals surface area contributed by atoms with E-state index in [0.717, 1.165) is 17.5 Å². The third-order valence-electron chi connectivity index (χ3n) is 6.14. The minimum atomic E-state index is -0.751. The summed E-state index contributed by atoms with van der Waals surface area (Å²) in [5, 5.41) is 20.0. The van der Waals surface area contributed by atoms with Gasteiger partial charge in [0.2, 0.25) is 0 Å². The first kappa shape index (κ1) is 21.7. The smallest absolute Gasteiger partial charge is 0.307 e. The van der Waals surface area contributed by atoms with Gasteiger partial charge in [-0.1, -0.05) is 30.3 Å². The van der Waals surface area contributed by atoms with E-state index in [9.17, 15) is 19.8 Å². The van der Waals surface area contributed by atoms with Gasteiger partial charge in [-0.3, -0.25) is 9.59 Å². The van der Waals surface area contributed by atoms with Crippen LogP contribution in [-0.4, -0.2) is 34.7 Å². The van der Waals surface area contributed by atoms with Gasteiger partial charge in [0.15, 0.2) is 5.78 Å². The van der Waals surface area contributed by atoms with Gasteiger partial charge in [0.05, 0.1) is 18.6 Å². The zero-order valence-corrected chi connectivity index (χ0v) is 18.3. The fourth-order valence-electron chi connectivity index (χ4n) is 4.19. The number of phenols is 1. The minimum absolute atomic E-state index is 0.0455. The molecule has 2 aliphatic rings. The summed E-state index contributed by atoms with van der Waals surface area (Å²) in [5.74, 6) is -0.903. The van der Waals surface area contributed by atoms with Crippen LogP contribution in [0.4, 0.5) is 0 Å². The monoisotopic (exact) mass is 434 g/mol. The van der Waals surface area contributed by atoms with Crippen LogP contribution in [-0.2, 0) is 4.79 Å². The number of allylic oxidation sites excluding steroid dienone is 1. The lowest BCUT2D eigenvalue weighted by atomic mass is 9.70. The molecule has 1 heterocycles. The number of aliphatic carboxylic acids is 1. The molecule has 0 bridgehead atoms. The maximum Gasteiger partial charge on any atom is 0.307 e. The summed E-state index contributed by atoms with van der Waals surface area (Å²) in [6, 6.07) is 9.15. The third kappa shape index (κ3) is 4.00. The lowest BCUT2D eigenvalue weighted by Gasteiger charge is -2.33. The maximum absolute atomic E-state index is 12.9. The van der Waals surface area contributed by atoms with Crippen molar-refractivity contribution in [3.8, 4) is 17.2 Å². The Morgan fingerprint density at radius 3 is 2.50 bits per heavy atom. The Bertz CT molecular complexity index is 1120. The van der Waals surface area contributed by atoms with Gasteiger partial charge in [-0.05, 0) is 62.0 Å². The Morgan fingerprint density at radius 1 is 1.19 bits per heavy atom. The number of hydrogen-bond acceptors (Lipinski definition) is 5. The zero-order chi connectivity index (χ0) is 23.0. The summed E-state index contributed by atoms with van der Waals surface area (Å²) in [5.41, 5.74) is 1.79. The lowest BCUT2D eigenvalue weighted by molar-refractivity contribution is -0.145. The molecule has 1 fully saturated rings. The first-order valence-corrected chi connectivity index (χ1v) is 10.6. The molecule has 0 spiro atoms. The molecule has 0 amide bonds. The number of carboxylic acids is 1. The fraction of sp³-hybridized carbons (Fsp3) is 0.308. The second-order valence-electron chi connectivity index (χ2n) is 8.75. The van der Waals surface area contributed by atoms with Gasteiger partial charge in [0, 0.05) is 6.07 Å². The Balaban J connectivity index is 1.56. The summed E-state index contributed by atoms with van der Waals surface area (Å²) in [6.07, 6.45) is 8.20. The molecule has 2 aromatic carbocycles. The average Bonchev–Trinajstić information content (AvgIpc) is 2.70. The van der Waals surface area contributed by atoms with Gasteiger partial charge in [0.25, 0.3) is 0 Å². The van der Waals surface area contributed by atoms with Crippen LogP contribution < -0.4 is 9.47 Å². The Kier molecular flexibility index (Phi) is 5.55. The normalized spacial score (nSPS) is 20.8. The van der Waals surface area contributed by atoms with E-state index in [0.29, 0.717) is 17.7 Å². The predicted molar refractivity (Wildman–Crippen MR) is 121 cm³/mol.